The molecule has 0 aliphatic heterocycles. The maximum atomic E-state index is 10.8. The molecule has 24 heavy (non-hydrogen) atoms. The van der Waals surface area contributed by atoms with Crippen molar-refractivity contribution in [1.82, 2.24) is 15.0 Å². The largest absolute Gasteiger partial charge is 0.481 e. The highest BCUT2D eigenvalue weighted by molar-refractivity contribution is 5.67. The van der Waals surface area contributed by atoms with Gasteiger partial charge >= 0.3 is 5.97 Å². The molecule has 0 saturated heterocycles. The molecule has 5 N–H and O–H groups in total. The van der Waals surface area contributed by atoms with Crippen molar-refractivity contribution in [3.8, 4) is 0 Å². The maximum absolute atomic E-state index is 10.8. The van der Waals surface area contributed by atoms with Gasteiger partial charge in [0.15, 0.2) is 0 Å². The van der Waals surface area contributed by atoms with E-state index in [0.717, 1.165) is 16.8 Å². The second-order valence-electron chi connectivity index (χ2n) is 5.43. The number of aryl methyl sites for hydroxylation is 2. The summed E-state index contributed by atoms with van der Waals surface area (Å²) in [7, 11) is 0. The Labute approximate surface area is 140 Å². The summed E-state index contributed by atoms with van der Waals surface area (Å²) in [4.78, 5) is 23.2. The molecule has 2 rings (SSSR count). The van der Waals surface area contributed by atoms with Gasteiger partial charge in [-0.3, -0.25) is 9.78 Å². The predicted octanol–water partition coefficient (Wildman–Crippen LogP) is 1.61. The molecule has 0 atom stereocenters. The summed E-state index contributed by atoms with van der Waals surface area (Å²) in [5.74, 6) is -0.0893. The highest BCUT2D eigenvalue weighted by Crippen LogP contribution is 2.19. The zero-order chi connectivity index (χ0) is 17.5. The Morgan fingerprint density at radius 3 is 2.71 bits per heavy atom. The van der Waals surface area contributed by atoms with Crippen LogP contribution >= 0.6 is 0 Å². The van der Waals surface area contributed by atoms with E-state index in [0.29, 0.717) is 31.0 Å². The number of aliphatic carboxylic acids is 1. The molecule has 0 aliphatic rings. The van der Waals surface area contributed by atoms with Crippen LogP contribution in [-0.4, -0.2) is 39.1 Å². The number of aromatic nitrogens is 3. The van der Waals surface area contributed by atoms with Crippen molar-refractivity contribution in [1.29, 1.82) is 0 Å². The van der Waals surface area contributed by atoms with Crippen molar-refractivity contribution >= 4 is 23.4 Å². The zero-order valence-electron chi connectivity index (χ0n) is 13.8. The number of pyridine rings is 1. The number of nitrogens with two attached hydrogens (primary N) is 1. The molecule has 2 aromatic rings. The van der Waals surface area contributed by atoms with Crippen LogP contribution < -0.4 is 16.4 Å². The van der Waals surface area contributed by atoms with E-state index in [4.69, 9.17) is 10.8 Å². The van der Waals surface area contributed by atoms with E-state index in [2.05, 4.69) is 25.6 Å². The molecule has 8 heteroatoms. The smallest absolute Gasteiger partial charge is 0.303 e. The fourth-order valence-corrected chi connectivity index (χ4v) is 2.34. The molecule has 0 spiro atoms. The molecule has 0 aliphatic carbocycles. The van der Waals surface area contributed by atoms with Crippen LogP contribution in [0.3, 0.4) is 0 Å². The first-order chi connectivity index (χ1) is 11.5. The monoisotopic (exact) mass is 330 g/mol. The predicted molar refractivity (Wildman–Crippen MR) is 93.1 cm³/mol. The zero-order valence-corrected chi connectivity index (χ0v) is 13.8. The number of carboxylic acid groups (broad SMARTS) is 1. The molecule has 8 nitrogen and oxygen atoms in total. The number of nitrogens with zero attached hydrogens (tertiary/aromatic N) is 3. The Morgan fingerprint density at radius 2 is 2.00 bits per heavy atom. The van der Waals surface area contributed by atoms with Crippen LogP contribution in [0.2, 0.25) is 0 Å². The summed E-state index contributed by atoms with van der Waals surface area (Å²) < 4.78 is 0. The van der Waals surface area contributed by atoms with Crippen molar-refractivity contribution < 1.29 is 9.90 Å². The molecule has 0 fully saturated rings. The van der Waals surface area contributed by atoms with E-state index >= 15 is 0 Å². The first-order valence-corrected chi connectivity index (χ1v) is 7.70. The fourth-order valence-electron chi connectivity index (χ4n) is 2.34. The Balaban J connectivity index is 1.98. The highest BCUT2D eigenvalue weighted by atomic mass is 16.4. The minimum atomic E-state index is -0.855. The summed E-state index contributed by atoms with van der Waals surface area (Å²) in [6.07, 6.45) is 3.92. The first-order valence-electron chi connectivity index (χ1n) is 7.70. The number of rotatable bonds is 8. The highest BCUT2D eigenvalue weighted by Gasteiger charge is 2.12. The average Bonchev–Trinajstić information content (AvgIpc) is 2.51. The number of nitrogens with one attached hydrogen (secondary N) is 2. The normalized spacial score (nSPS) is 10.4. The SMILES string of the molecule is Cc1cnccc1NCCNc1nc(N)nc(C)c1CCC(=O)O. The molecule has 2 heterocycles. The lowest BCUT2D eigenvalue weighted by atomic mass is 10.1. The third kappa shape index (κ3) is 4.80. The number of anilines is 3. The molecule has 128 valence electrons. The summed E-state index contributed by atoms with van der Waals surface area (Å²) >= 11 is 0. The number of carbonyl (C=O) groups is 1. The third-order valence-electron chi connectivity index (χ3n) is 3.57. The summed E-state index contributed by atoms with van der Waals surface area (Å²) in [5, 5.41) is 15.4. The maximum Gasteiger partial charge on any atom is 0.303 e. The molecule has 0 saturated carbocycles. The van der Waals surface area contributed by atoms with Crippen LogP contribution in [0.4, 0.5) is 17.5 Å². The average molecular weight is 330 g/mol. The van der Waals surface area contributed by atoms with Crippen molar-refractivity contribution in [2.24, 2.45) is 0 Å². The second-order valence-corrected chi connectivity index (χ2v) is 5.43. The Morgan fingerprint density at radius 1 is 1.25 bits per heavy atom. The number of hydrogen-bond donors (Lipinski definition) is 4. The van der Waals surface area contributed by atoms with Crippen LogP contribution in [0.25, 0.3) is 0 Å². The van der Waals surface area contributed by atoms with E-state index in [1.807, 2.05) is 13.0 Å². The van der Waals surface area contributed by atoms with E-state index in [1.54, 1.807) is 19.3 Å². The molecule has 0 bridgehead atoms. The van der Waals surface area contributed by atoms with Gasteiger partial charge in [-0.05, 0) is 31.9 Å². The number of hydrogen-bond acceptors (Lipinski definition) is 7. The van der Waals surface area contributed by atoms with Gasteiger partial charge in [-0.25, -0.2) is 4.98 Å². The molecular formula is C16H22N6O2. The minimum Gasteiger partial charge on any atom is -0.481 e. The van der Waals surface area contributed by atoms with Crippen LogP contribution in [0.15, 0.2) is 18.5 Å². The number of nitrogen functional groups attached to an aromatic ring is 1. The summed E-state index contributed by atoms with van der Waals surface area (Å²) in [5.41, 5.74) is 9.28. The van der Waals surface area contributed by atoms with Crippen LogP contribution in [0.1, 0.15) is 23.2 Å². The summed E-state index contributed by atoms with van der Waals surface area (Å²) in [6, 6.07) is 1.92. The van der Waals surface area contributed by atoms with E-state index in [9.17, 15) is 4.79 Å². The van der Waals surface area contributed by atoms with Gasteiger partial charge in [0.1, 0.15) is 5.82 Å². The van der Waals surface area contributed by atoms with Gasteiger partial charge < -0.3 is 21.5 Å². The lowest BCUT2D eigenvalue weighted by Crippen LogP contribution is -2.17. The standard InChI is InChI=1S/C16H22N6O2/c1-10-9-18-6-5-13(10)19-7-8-20-15-12(3-4-14(23)24)11(2)21-16(17)22-15/h5-6,9H,3-4,7-8H2,1-2H3,(H,18,19)(H,23,24)(H3,17,20,21,22). The molecular weight excluding hydrogens is 308 g/mol. The van der Waals surface area contributed by atoms with Crippen molar-refractivity contribution in [2.45, 2.75) is 26.7 Å². The number of carboxylic acids is 1. The fraction of sp³-hybridized carbons (Fsp3) is 0.375. The van der Waals surface area contributed by atoms with E-state index < -0.39 is 5.97 Å². The molecule has 0 radical (unpaired) electrons. The van der Waals surface area contributed by atoms with Gasteiger partial charge in [0, 0.05) is 48.8 Å². The Hall–Kier alpha value is -2.90. The lowest BCUT2D eigenvalue weighted by Gasteiger charge is -2.14. The molecule has 0 unspecified atom stereocenters. The topological polar surface area (TPSA) is 126 Å². The minimum absolute atomic E-state index is 0.0251. The second kappa shape index (κ2) is 8.09. The van der Waals surface area contributed by atoms with Crippen LogP contribution in [-0.2, 0) is 11.2 Å². The van der Waals surface area contributed by atoms with E-state index in [1.165, 1.54) is 0 Å². The van der Waals surface area contributed by atoms with Gasteiger partial charge in [-0.2, -0.15) is 4.98 Å². The quantitative estimate of drug-likeness (QED) is 0.538. The summed E-state index contributed by atoms with van der Waals surface area (Å²) in [6.45, 7) is 5.07. The van der Waals surface area contributed by atoms with Gasteiger partial charge in [-0.1, -0.05) is 0 Å². The van der Waals surface area contributed by atoms with Crippen molar-refractivity contribution in [3.05, 3.63) is 35.3 Å². The Kier molecular flexibility index (Phi) is 5.89. The van der Waals surface area contributed by atoms with Gasteiger partial charge in [0.05, 0.1) is 0 Å². The Bertz CT molecular complexity index is 720. The molecule has 0 amide bonds. The first kappa shape index (κ1) is 17.5. The third-order valence-corrected chi connectivity index (χ3v) is 3.57. The molecule has 2 aromatic heterocycles. The molecule has 0 aromatic carbocycles. The van der Waals surface area contributed by atoms with Crippen LogP contribution in [0, 0.1) is 13.8 Å². The van der Waals surface area contributed by atoms with Crippen molar-refractivity contribution in [2.75, 3.05) is 29.5 Å². The van der Waals surface area contributed by atoms with Gasteiger partial charge in [-0.15, -0.1) is 0 Å². The van der Waals surface area contributed by atoms with Gasteiger partial charge in [0.25, 0.3) is 0 Å². The van der Waals surface area contributed by atoms with Crippen molar-refractivity contribution in [3.63, 3.8) is 0 Å². The van der Waals surface area contributed by atoms with E-state index in [-0.39, 0.29) is 12.4 Å². The lowest BCUT2D eigenvalue weighted by molar-refractivity contribution is -0.136. The van der Waals surface area contributed by atoms with Gasteiger partial charge in [0.2, 0.25) is 5.95 Å². The van der Waals surface area contributed by atoms with Crippen LogP contribution in [0.5, 0.6) is 0 Å².